The summed E-state index contributed by atoms with van der Waals surface area (Å²) in [7, 11) is 0. The standard InChI is InChI=1S/C21H20F4N2O2.C2HF3O2/c22-10-14(11-26)13-29-19-5-2-15(3-6-19)20(28)27-8-7-16-9-18(21(23,24)25)4-1-17(16)12-27;3-2(4,5)1(6)7/h1-6,9-10H,7-8,11-13,26H2;(H,6,7). The van der Waals surface area contributed by atoms with Crippen molar-refractivity contribution in [1.82, 2.24) is 4.90 Å². The zero-order valence-electron chi connectivity index (χ0n) is 18.5. The second kappa shape index (κ2) is 11.9. The molecule has 0 aliphatic carbocycles. The Morgan fingerprint density at radius 2 is 1.64 bits per heavy atom. The minimum absolute atomic E-state index is 0.0170. The van der Waals surface area contributed by atoms with E-state index in [1.54, 1.807) is 29.2 Å². The van der Waals surface area contributed by atoms with Gasteiger partial charge in [0.25, 0.3) is 5.91 Å². The number of carboxylic acid groups (broad SMARTS) is 1. The van der Waals surface area contributed by atoms with E-state index in [-0.39, 0.29) is 25.6 Å². The Morgan fingerprint density at radius 1 is 1.03 bits per heavy atom. The van der Waals surface area contributed by atoms with Crippen LogP contribution in [-0.4, -0.2) is 47.8 Å². The monoisotopic (exact) mass is 522 g/mol. The minimum atomic E-state index is -5.08. The summed E-state index contributed by atoms with van der Waals surface area (Å²) in [6.45, 7) is 0.662. The van der Waals surface area contributed by atoms with E-state index in [0.29, 0.717) is 47.3 Å². The zero-order chi connectivity index (χ0) is 27.1. The molecule has 13 heteroatoms. The number of nitrogens with two attached hydrogens (primary N) is 1. The summed E-state index contributed by atoms with van der Waals surface area (Å²) < 4.78 is 88.2. The van der Waals surface area contributed by atoms with Crippen molar-refractivity contribution in [3.8, 4) is 5.75 Å². The molecule has 0 fully saturated rings. The number of nitrogens with zero attached hydrogens (tertiary/aromatic N) is 1. The topological polar surface area (TPSA) is 92.9 Å². The van der Waals surface area contributed by atoms with Gasteiger partial charge >= 0.3 is 18.3 Å². The molecule has 0 spiro atoms. The molecule has 196 valence electrons. The Hall–Kier alpha value is -3.61. The van der Waals surface area contributed by atoms with E-state index >= 15 is 0 Å². The van der Waals surface area contributed by atoms with E-state index in [1.807, 2.05) is 0 Å². The Bertz CT molecular complexity index is 1100. The summed E-state index contributed by atoms with van der Waals surface area (Å²) in [6, 6.07) is 10.0. The number of rotatable bonds is 5. The van der Waals surface area contributed by atoms with Crippen LogP contribution >= 0.6 is 0 Å². The maximum absolute atomic E-state index is 12.9. The second-order valence-electron chi connectivity index (χ2n) is 7.55. The molecule has 0 aromatic heterocycles. The lowest BCUT2D eigenvalue weighted by Crippen LogP contribution is -2.36. The van der Waals surface area contributed by atoms with Crippen LogP contribution in [0.4, 0.5) is 30.7 Å². The first-order chi connectivity index (χ1) is 16.8. The number of alkyl halides is 6. The highest BCUT2D eigenvalue weighted by molar-refractivity contribution is 5.94. The zero-order valence-corrected chi connectivity index (χ0v) is 18.5. The summed E-state index contributed by atoms with van der Waals surface area (Å²) in [6.07, 6.45) is -8.69. The first-order valence-corrected chi connectivity index (χ1v) is 10.3. The van der Waals surface area contributed by atoms with Crippen LogP contribution in [0.2, 0.25) is 0 Å². The molecule has 1 aliphatic heterocycles. The van der Waals surface area contributed by atoms with E-state index in [9.17, 15) is 35.5 Å². The maximum Gasteiger partial charge on any atom is 0.490 e. The fourth-order valence-corrected chi connectivity index (χ4v) is 3.09. The van der Waals surface area contributed by atoms with E-state index in [0.717, 1.165) is 12.1 Å². The van der Waals surface area contributed by atoms with Gasteiger partial charge < -0.3 is 20.5 Å². The fourth-order valence-electron chi connectivity index (χ4n) is 3.09. The van der Waals surface area contributed by atoms with Crippen molar-refractivity contribution in [1.29, 1.82) is 0 Å². The van der Waals surface area contributed by atoms with Crippen LogP contribution < -0.4 is 10.5 Å². The highest BCUT2D eigenvalue weighted by Crippen LogP contribution is 2.32. The highest BCUT2D eigenvalue weighted by atomic mass is 19.4. The number of carbonyl (C=O) groups excluding carboxylic acids is 1. The van der Waals surface area contributed by atoms with Crippen LogP contribution in [0, 0.1) is 0 Å². The van der Waals surface area contributed by atoms with Gasteiger partial charge in [-0.25, -0.2) is 9.18 Å². The molecule has 0 atom stereocenters. The first kappa shape index (κ1) is 28.6. The molecule has 0 saturated heterocycles. The first-order valence-electron chi connectivity index (χ1n) is 10.3. The van der Waals surface area contributed by atoms with Crippen LogP contribution in [0.1, 0.15) is 27.0 Å². The number of halogens is 7. The SMILES string of the molecule is NCC(=CF)COc1ccc(C(=O)N2CCc3cc(C(F)(F)F)ccc3C2)cc1.O=C(O)C(F)(F)F. The van der Waals surface area contributed by atoms with Crippen molar-refractivity contribution in [3.63, 3.8) is 0 Å². The van der Waals surface area contributed by atoms with Crippen LogP contribution in [0.25, 0.3) is 0 Å². The molecule has 6 nitrogen and oxygen atoms in total. The molecule has 1 amide bonds. The molecule has 3 rings (SSSR count). The molecule has 0 bridgehead atoms. The van der Waals surface area contributed by atoms with E-state index in [1.165, 1.54) is 6.07 Å². The van der Waals surface area contributed by atoms with E-state index in [4.69, 9.17) is 20.4 Å². The van der Waals surface area contributed by atoms with Crippen LogP contribution in [0.15, 0.2) is 54.4 Å². The predicted molar refractivity (Wildman–Crippen MR) is 114 cm³/mol. The molecule has 2 aromatic carbocycles. The summed E-state index contributed by atoms with van der Waals surface area (Å²) >= 11 is 0. The Balaban J connectivity index is 0.000000572. The van der Waals surface area contributed by atoms with Gasteiger partial charge in [0.2, 0.25) is 0 Å². The molecular formula is C23H21F7N2O4. The van der Waals surface area contributed by atoms with Gasteiger partial charge in [0.1, 0.15) is 12.4 Å². The second-order valence-corrected chi connectivity index (χ2v) is 7.55. The third-order valence-electron chi connectivity index (χ3n) is 5.02. The molecule has 1 aliphatic rings. The molecule has 2 aromatic rings. The smallest absolute Gasteiger partial charge is 0.489 e. The quantitative estimate of drug-likeness (QED) is 0.554. The number of ether oxygens (including phenoxy) is 1. The van der Waals surface area contributed by atoms with Gasteiger partial charge in [0.05, 0.1) is 11.9 Å². The van der Waals surface area contributed by atoms with E-state index in [2.05, 4.69) is 0 Å². The van der Waals surface area contributed by atoms with Crippen molar-refractivity contribution < 1.29 is 50.2 Å². The third kappa shape index (κ3) is 7.97. The van der Waals surface area contributed by atoms with Crippen molar-refractivity contribution >= 4 is 11.9 Å². The largest absolute Gasteiger partial charge is 0.490 e. The van der Waals surface area contributed by atoms with Gasteiger partial charge in [0, 0.05) is 30.8 Å². The molecule has 0 radical (unpaired) electrons. The van der Waals surface area contributed by atoms with Crippen molar-refractivity contribution in [2.45, 2.75) is 25.3 Å². The number of benzene rings is 2. The molecule has 3 N–H and O–H groups in total. The number of carboxylic acids is 1. The average molecular weight is 522 g/mol. The summed E-state index contributed by atoms with van der Waals surface area (Å²) in [4.78, 5) is 23.2. The Labute approximate surface area is 200 Å². The van der Waals surface area contributed by atoms with Crippen LogP contribution in [-0.2, 0) is 23.9 Å². The van der Waals surface area contributed by atoms with Gasteiger partial charge in [-0.15, -0.1) is 0 Å². The molecule has 0 saturated carbocycles. The van der Waals surface area contributed by atoms with Crippen LogP contribution in [0.3, 0.4) is 0 Å². The Kier molecular flexibility index (Phi) is 9.45. The summed E-state index contributed by atoms with van der Waals surface area (Å²) in [5.74, 6) is -2.50. The average Bonchev–Trinajstić information content (AvgIpc) is 2.83. The maximum atomic E-state index is 12.9. The predicted octanol–water partition coefficient (Wildman–Crippen LogP) is 4.73. The number of hydrogen-bond donors (Lipinski definition) is 2. The van der Waals surface area contributed by atoms with Gasteiger partial charge in [-0.3, -0.25) is 4.79 Å². The Morgan fingerprint density at radius 3 is 2.14 bits per heavy atom. The number of carbonyl (C=O) groups is 2. The van der Waals surface area contributed by atoms with Gasteiger partial charge in [0.15, 0.2) is 0 Å². The minimum Gasteiger partial charge on any atom is -0.489 e. The van der Waals surface area contributed by atoms with Crippen molar-refractivity contribution in [2.24, 2.45) is 5.73 Å². The lowest BCUT2D eigenvalue weighted by molar-refractivity contribution is -0.192. The highest BCUT2D eigenvalue weighted by Gasteiger charge is 2.38. The fraction of sp³-hybridized carbons (Fsp3) is 0.304. The summed E-state index contributed by atoms with van der Waals surface area (Å²) in [5, 5.41) is 7.12. The number of hydrogen-bond acceptors (Lipinski definition) is 4. The molecule has 1 heterocycles. The molecular weight excluding hydrogens is 501 g/mol. The van der Waals surface area contributed by atoms with Gasteiger partial charge in [-0.2, -0.15) is 26.3 Å². The van der Waals surface area contributed by atoms with Gasteiger partial charge in [-0.1, -0.05) is 6.07 Å². The summed E-state index contributed by atoms with van der Waals surface area (Å²) in [5.41, 5.74) is 6.77. The molecule has 0 unspecified atom stereocenters. The lowest BCUT2D eigenvalue weighted by Gasteiger charge is -2.29. The lowest BCUT2D eigenvalue weighted by atomic mass is 9.96. The van der Waals surface area contributed by atoms with E-state index < -0.39 is 23.9 Å². The number of aliphatic carboxylic acids is 1. The normalized spacial score (nSPS) is 13.9. The number of amides is 1. The third-order valence-corrected chi connectivity index (χ3v) is 5.02. The van der Waals surface area contributed by atoms with Crippen molar-refractivity contribution in [3.05, 3.63) is 76.6 Å². The molecule has 36 heavy (non-hydrogen) atoms. The number of fused-ring (bicyclic) bond motifs is 1. The van der Waals surface area contributed by atoms with Crippen LogP contribution in [0.5, 0.6) is 5.75 Å². The van der Waals surface area contributed by atoms with Gasteiger partial charge in [-0.05, 0) is 53.9 Å². The van der Waals surface area contributed by atoms with Crippen molar-refractivity contribution in [2.75, 3.05) is 19.7 Å².